The Bertz CT molecular complexity index is 1020. The lowest BCUT2D eigenvalue weighted by Gasteiger charge is -2.24. The average Bonchev–Trinajstić information content (AvgIpc) is 3.16. The highest BCUT2D eigenvalue weighted by Gasteiger charge is 2.36. The minimum Gasteiger partial charge on any atom is -0.491 e. The molecule has 3 heterocycles. The fourth-order valence-electron chi connectivity index (χ4n) is 4.56. The minimum atomic E-state index is -3.67. The van der Waals surface area contributed by atoms with E-state index in [0.29, 0.717) is 24.0 Å². The van der Waals surface area contributed by atoms with E-state index in [-0.39, 0.29) is 22.0 Å². The normalized spacial score (nSPS) is 25.8. The Morgan fingerprint density at radius 2 is 1.97 bits per heavy atom. The summed E-state index contributed by atoms with van der Waals surface area (Å²) in [5, 5.41) is 3.34. The first-order valence-corrected chi connectivity index (χ1v) is 12.2. The van der Waals surface area contributed by atoms with Crippen molar-refractivity contribution < 1.29 is 22.6 Å². The maximum atomic E-state index is 13.3. The van der Waals surface area contributed by atoms with E-state index in [1.165, 1.54) is 0 Å². The van der Waals surface area contributed by atoms with Crippen molar-refractivity contribution in [3.05, 3.63) is 48.0 Å². The number of fused-ring (bicyclic) bond motifs is 3. The molecule has 30 heavy (non-hydrogen) atoms. The van der Waals surface area contributed by atoms with Crippen molar-refractivity contribution >= 4 is 9.84 Å². The highest BCUT2D eigenvalue weighted by molar-refractivity contribution is 7.91. The highest BCUT2D eigenvalue weighted by Crippen LogP contribution is 2.42. The molecule has 2 aromatic carbocycles. The molecule has 5 rings (SSSR count). The van der Waals surface area contributed by atoms with Gasteiger partial charge in [-0.3, -0.25) is 0 Å². The summed E-state index contributed by atoms with van der Waals surface area (Å²) < 4.78 is 44.1. The van der Waals surface area contributed by atoms with Crippen LogP contribution in [0.1, 0.15) is 37.2 Å². The highest BCUT2D eigenvalue weighted by atomic mass is 32.2. The van der Waals surface area contributed by atoms with Gasteiger partial charge in [0, 0.05) is 24.6 Å². The van der Waals surface area contributed by atoms with Gasteiger partial charge in [-0.05, 0) is 62.6 Å². The molecule has 3 aliphatic heterocycles. The molecule has 3 aliphatic rings. The Morgan fingerprint density at radius 1 is 1.07 bits per heavy atom. The van der Waals surface area contributed by atoms with Crippen molar-refractivity contribution in [2.75, 3.05) is 26.3 Å². The zero-order chi connectivity index (χ0) is 20.6. The van der Waals surface area contributed by atoms with Crippen LogP contribution in [0.15, 0.2) is 52.3 Å². The first-order valence-electron chi connectivity index (χ1n) is 10.7. The molecular formula is C23H27NO5S. The minimum absolute atomic E-state index is 0.0749. The number of hydrogen-bond donors (Lipinski definition) is 1. The SMILES string of the molecule is O=S(=O)(c1cccc(OCC2CCCCO2)c1)c1ccc2c(c1)OC1CNCCC21. The quantitative estimate of drug-likeness (QED) is 0.786. The second-order valence-corrected chi connectivity index (χ2v) is 10.2. The van der Waals surface area contributed by atoms with E-state index in [0.717, 1.165) is 50.9 Å². The third kappa shape index (κ3) is 3.82. The zero-order valence-electron chi connectivity index (χ0n) is 16.9. The summed E-state index contributed by atoms with van der Waals surface area (Å²) in [4.78, 5) is 0.474. The van der Waals surface area contributed by atoms with Crippen LogP contribution in [0.5, 0.6) is 11.5 Å². The number of hydrogen-bond acceptors (Lipinski definition) is 6. The molecule has 0 bridgehead atoms. The standard InChI is InChI=1S/C23H27NO5S/c25-30(26,18-6-3-5-16(12-18)28-15-17-4-1-2-11-27-17)19-7-8-20-21-9-10-24-14-23(21)29-22(20)13-19/h3,5-8,12-13,17,21,23-24H,1-2,4,9-11,14-15H2. The molecule has 7 heteroatoms. The van der Waals surface area contributed by atoms with Crippen LogP contribution >= 0.6 is 0 Å². The maximum Gasteiger partial charge on any atom is 0.206 e. The van der Waals surface area contributed by atoms with Crippen LogP contribution in [-0.4, -0.2) is 46.9 Å². The molecule has 3 atom stereocenters. The van der Waals surface area contributed by atoms with Gasteiger partial charge in [-0.2, -0.15) is 0 Å². The van der Waals surface area contributed by atoms with Crippen molar-refractivity contribution in [3.8, 4) is 11.5 Å². The van der Waals surface area contributed by atoms with Gasteiger partial charge in [0.1, 0.15) is 24.2 Å². The van der Waals surface area contributed by atoms with Crippen LogP contribution < -0.4 is 14.8 Å². The van der Waals surface area contributed by atoms with E-state index < -0.39 is 9.84 Å². The van der Waals surface area contributed by atoms with Gasteiger partial charge in [0.2, 0.25) is 9.84 Å². The number of nitrogens with one attached hydrogen (secondary N) is 1. The van der Waals surface area contributed by atoms with Gasteiger partial charge in [0.05, 0.1) is 15.9 Å². The predicted molar refractivity (Wildman–Crippen MR) is 112 cm³/mol. The van der Waals surface area contributed by atoms with Gasteiger partial charge in [0.15, 0.2) is 0 Å². The molecule has 0 amide bonds. The zero-order valence-corrected chi connectivity index (χ0v) is 17.7. The van der Waals surface area contributed by atoms with E-state index in [2.05, 4.69) is 5.32 Å². The van der Waals surface area contributed by atoms with Gasteiger partial charge in [-0.15, -0.1) is 0 Å². The number of piperidine rings is 1. The smallest absolute Gasteiger partial charge is 0.206 e. The largest absolute Gasteiger partial charge is 0.491 e. The third-order valence-corrected chi connectivity index (χ3v) is 7.97. The molecule has 0 spiro atoms. The second kappa shape index (κ2) is 8.21. The van der Waals surface area contributed by atoms with Crippen LogP contribution in [0.4, 0.5) is 0 Å². The van der Waals surface area contributed by atoms with Crippen LogP contribution in [0.25, 0.3) is 0 Å². The number of sulfone groups is 1. The predicted octanol–water partition coefficient (Wildman–Crippen LogP) is 3.31. The molecule has 160 valence electrons. The van der Waals surface area contributed by atoms with Crippen molar-refractivity contribution in [1.82, 2.24) is 5.32 Å². The average molecular weight is 430 g/mol. The Hall–Kier alpha value is -2.09. The lowest BCUT2D eigenvalue weighted by molar-refractivity contribution is -0.0111. The van der Waals surface area contributed by atoms with Crippen LogP contribution in [0.3, 0.4) is 0 Å². The molecule has 3 unspecified atom stereocenters. The molecule has 0 radical (unpaired) electrons. The monoisotopic (exact) mass is 429 g/mol. The summed E-state index contributed by atoms with van der Waals surface area (Å²) in [6, 6.07) is 12.0. The first kappa shape index (κ1) is 19.8. The molecule has 0 saturated carbocycles. The van der Waals surface area contributed by atoms with Gasteiger partial charge in [-0.25, -0.2) is 8.42 Å². The molecule has 2 aromatic rings. The van der Waals surface area contributed by atoms with Crippen LogP contribution in [-0.2, 0) is 14.6 Å². The molecule has 2 fully saturated rings. The summed E-state index contributed by atoms with van der Waals surface area (Å²) in [5.41, 5.74) is 1.12. The summed E-state index contributed by atoms with van der Waals surface area (Å²) in [6.07, 6.45) is 4.38. The van der Waals surface area contributed by atoms with E-state index >= 15 is 0 Å². The molecule has 1 N–H and O–H groups in total. The molecule has 6 nitrogen and oxygen atoms in total. The lowest BCUT2D eigenvalue weighted by atomic mass is 9.90. The van der Waals surface area contributed by atoms with E-state index in [1.54, 1.807) is 36.4 Å². The fraction of sp³-hybridized carbons (Fsp3) is 0.478. The summed E-state index contributed by atoms with van der Waals surface area (Å²) in [7, 11) is -3.67. The van der Waals surface area contributed by atoms with Gasteiger partial charge in [0.25, 0.3) is 0 Å². The summed E-state index contributed by atoms with van der Waals surface area (Å²) >= 11 is 0. The number of ether oxygens (including phenoxy) is 3. The van der Waals surface area contributed by atoms with Crippen molar-refractivity contribution in [2.24, 2.45) is 0 Å². The Balaban J connectivity index is 1.35. The summed E-state index contributed by atoms with van der Waals surface area (Å²) in [6.45, 7) is 2.96. The Labute approximate surface area is 177 Å². The Kier molecular flexibility index (Phi) is 5.43. The van der Waals surface area contributed by atoms with Crippen molar-refractivity contribution in [1.29, 1.82) is 0 Å². The van der Waals surface area contributed by atoms with Gasteiger partial charge >= 0.3 is 0 Å². The van der Waals surface area contributed by atoms with Crippen LogP contribution in [0.2, 0.25) is 0 Å². The van der Waals surface area contributed by atoms with Gasteiger partial charge in [-0.1, -0.05) is 12.1 Å². The molecule has 0 aliphatic carbocycles. The summed E-state index contributed by atoms with van der Waals surface area (Å²) in [5.74, 6) is 1.58. The number of rotatable bonds is 5. The molecular weight excluding hydrogens is 402 g/mol. The van der Waals surface area contributed by atoms with E-state index in [9.17, 15) is 8.42 Å². The van der Waals surface area contributed by atoms with E-state index in [1.807, 2.05) is 6.07 Å². The van der Waals surface area contributed by atoms with E-state index in [4.69, 9.17) is 14.2 Å². The fourth-order valence-corrected chi connectivity index (χ4v) is 5.87. The van der Waals surface area contributed by atoms with Crippen molar-refractivity contribution in [3.63, 3.8) is 0 Å². The Morgan fingerprint density at radius 3 is 2.83 bits per heavy atom. The first-order chi connectivity index (χ1) is 14.6. The van der Waals surface area contributed by atoms with Crippen molar-refractivity contribution in [2.45, 2.75) is 53.6 Å². The molecule has 2 saturated heterocycles. The topological polar surface area (TPSA) is 73.9 Å². The maximum absolute atomic E-state index is 13.3. The van der Waals surface area contributed by atoms with Gasteiger partial charge < -0.3 is 19.5 Å². The lowest BCUT2D eigenvalue weighted by Crippen LogP contribution is -2.39. The number of benzene rings is 2. The molecule has 0 aromatic heterocycles. The third-order valence-electron chi connectivity index (χ3n) is 6.23. The second-order valence-electron chi connectivity index (χ2n) is 8.23. The van der Waals surface area contributed by atoms with Crippen LogP contribution in [0, 0.1) is 0 Å².